The molecule has 7 nitrogen and oxygen atoms in total. The van der Waals surface area contributed by atoms with Crippen molar-refractivity contribution in [2.24, 2.45) is 7.05 Å². The van der Waals surface area contributed by atoms with Gasteiger partial charge in [0.25, 0.3) is 0 Å². The summed E-state index contributed by atoms with van der Waals surface area (Å²) in [5, 5.41) is 15.1. The topological polar surface area (TPSA) is 86.1 Å². The number of amides is 1. The number of methoxy groups -OCH3 is 1. The first-order chi connectivity index (χ1) is 15.5. The number of carbonyl (C=O) groups is 2. The molecule has 1 aromatic carbocycles. The average Bonchev–Trinajstić information content (AvgIpc) is 3.53. The number of hydrogen-bond acceptors (Lipinski definition) is 7. The number of esters is 1. The molecule has 168 valence electrons. The van der Waals surface area contributed by atoms with Crippen LogP contribution in [0.5, 0.6) is 0 Å². The Morgan fingerprint density at radius 1 is 1.25 bits per heavy atom. The number of hydrogen-bond donors (Lipinski definition) is 1. The fourth-order valence-electron chi connectivity index (χ4n) is 3.88. The number of thioether (sulfide) groups is 1. The number of benzene rings is 1. The highest BCUT2D eigenvalue weighted by molar-refractivity contribution is 7.99. The number of halogens is 1. The van der Waals surface area contributed by atoms with Gasteiger partial charge < -0.3 is 14.6 Å². The molecule has 1 aliphatic rings. The SMILES string of the molecule is COC(=O)c1c(-c2ccc(Cl)cc2)csc1NC(=O)CSc1nnc(C2CCCC2)n1C. The molecule has 1 saturated carbocycles. The van der Waals surface area contributed by atoms with Crippen LogP contribution in [0.3, 0.4) is 0 Å². The van der Waals surface area contributed by atoms with Gasteiger partial charge in [0.2, 0.25) is 5.91 Å². The van der Waals surface area contributed by atoms with Gasteiger partial charge >= 0.3 is 5.97 Å². The number of rotatable bonds is 7. The zero-order chi connectivity index (χ0) is 22.7. The van der Waals surface area contributed by atoms with Gasteiger partial charge in [-0.2, -0.15) is 0 Å². The van der Waals surface area contributed by atoms with E-state index in [0.717, 1.165) is 24.2 Å². The number of aromatic nitrogens is 3. The maximum atomic E-state index is 12.7. The van der Waals surface area contributed by atoms with Crippen LogP contribution in [0.4, 0.5) is 5.00 Å². The monoisotopic (exact) mass is 490 g/mol. The van der Waals surface area contributed by atoms with Crippen molar-refractivity contribution in [3.05, 3.63) is 46.1 Å². The van der Waals surface area contributed by atoms with E-state index in [1.165, 1.54) is 43.1 Å². The summed E-state index contributed by atoms with van der Waals surface area (Å²) in [6.07, 6.45) is 4.73. The average molecular weight is 491 g/mol. The Kier molecular flexibility index (Phi) is 7.17. The largest absolute Gasteiger partial charge is 0.465 e. The van der Waals surface area contributed by atoms with E-state index in [9.17, 15) is 9.59 Å². The third-order valence-electron chi connectivity index (χ3n) is 5.51. The first-order valence-corrected chi connectivity index (χ1v) is 12.5. The Morgan fingerprint density at radius 2 is 1.97 bits per heavy atom. The van der Waals surface area contributed by atoms with Crippen molar-refractivity contribution in [3.63, 3.8) is 0 Å². The van der Waals surface area contributed by atoms with Crippen LogP contribution in [0.2, 0.25) is 5.02 Å². The highest BCUT2D eigenvalue weighted by Gasteiger charge is 2.25. The van der Waals surface area contributed by atoms with Gasteiger partial charge in [-0.1, -0.05) is 48.3 Å². The minimum Gasteiger partial charge on any atom is -0.465 e. The fraction of sp³-hybridized carbons (Fsp3) is 0.364. The van der Waals surface area contributed by atoms with E-state index in [0.29, 0.717) is 32.2 Å². The molecule has 1 aliphatic carbocycles. The quantitative estimate of drug-likeness (QED) is 0.354. The Labute approximate surface area is 199 Å². The van der Waals surface area contributed by atoms with Crippen molar-refractivity contribution in [2.45, 2.75) is 36.8 Å². The van der Waals surface area contributed by atoms with Crippen LogP contribution in [0.15, 0.2) is 34.8 Å². The highest BCUT2D eigenvalue weighted by Crippen LogP contribution is 2.37. The number of thiophene rings is 1. The molecule has 1 amide bonds. The lowest BCUT2D eigenvalue weighted by atomic mass is 10.0. The van der Waals surface area contributed by atoms with Gasteiger partial charge in [0.15, 0.2) is 5.16 Å². The zero-order valence-electron chi connectivity index (χ0n) is 17.8. The molecule has 4 rings (SSSR count). The van der Waals surface area contributed by atoms with Gasteiger partial charge in [-0.3, -0.25) is 4.79 Å². The number of nitrogens with one attached hydrogen (secondary N) is 1. The summed E-state index contributed by atoms with van der Waals surface area (Å²) >= 11 is 8.59. The number of anilines is 1. The van der Waals surface area contributed by atoms with E-state index in [1.54, 1.807) is 12.1 Å². The van der Waals surface area contributed by atoms with Crippen molar-refractivity contribution in [1.82, 2.24) is 14.8 Å². The van der Waals surface area contributed by atoms with Gasteiger partial charge in [0.1, 0.15) is 16.4 Å². The summed E-state index contributed by atoms with van der Waals surface area (Å²) in [6, 6.07) is 7.17. The molecule has 1 N–H and O–H groups in total. The number of nitrogens with zero attached hydrogens (tertiary/aromatic N) is 3. The van der Waals surface area contributed by atoms with Crippen LogP contribution in [0, 0.1) is 0 Å². The van der Waals surface area contributed by atoms with Crippen LogP contribution in [0.1, 0.15) is 47.8 Å². The third kappa shape index (κ3) is 4.84. The molecule has 2 heterocycles. The minimum atomic E-state index is -0.506. The first kappa shape index (κ1) is 22.8. The summed E-state index contributed by atoms with van der Waals surface area (Å²) in [4.78, 5) is 25.1. The Balaban J connectivity index is 1.46. The van der Waals surface area contributed by atoms with Crippen molar-refractivity contribution >= 4 is 51.6 Å². The van der Waals surface area contributed by atoms with Crippen molar-refractivity contribution in [1.29, 1.82) is 0 Å². The van der Waals surface area contributed by atoms with Crippen LogP contribution in [0.25, 0.3) is 11.1 Å². The fourth-order valence-corrected chi connectivity index (χ4v) is 5.70. The molecule has 1 fully saturated rings. The molecule has 2 aromatic heterocycles. The van der Waals surface area contributed by atoms with Gasteiger partial charge in [-0.15, -0.1) is 21.5 Å². The van der Waals surface area contributed by atoms with Crippen LogP contribution >= 0.6 is 34.7 Å². The van der Waals surface area contributed by atoms with Gasteiger partial charge in [-0.25, -0.2) is 4.79 Å². The summed E-state index contributed by atoms with van der Waals surface area (Å²) in [7, 11) is 3.27. The summed E-state index contributed by atoms with van der Waals surface area (Å²) in [5.74, 6) is 0.870. The number of ether oxygens (including phenoxy) is 1. The Hall–Kier alpha value is -2.36. The van der Waals surface area contributed by atoms with Crippen molar-refractivity contribution in [3.8, 4) is 11.1 Å². The normalized spacial score (nSPS) is 14.0. The molecule has 0 atom stereocenters. The van der Waals surface area contributed by atoms with Crippen molar-refractivity contribution in [2.75, 3.05) is 18.2 Å². The minimum absolute atomic E-state index is 0.158. The highest BCUT2D eigenvalue weighted by atomic mass is 35.5. The van der Waals surface area contributed by atoms with E-state index in [4.69, 9.17) is 16.3 Å². The molecule has 0 unspecified atom stereocenters. The van der Waals surface area contributed by atoms with Gasteiger partial charge in [0.05, 0.1) is 12.9 Å². The zero-order valence-corrected chi connectivity index (χ0v) is 20.1. The van der Waals surface area contributed by atoms with E-state index in [2.05, 4.69) is 15.5 Å². The van der Waals surface area contributed by atoms with Crippen LogP contribution in [-0.4, -0.2) is 39.5 Å². The lowest BCUT2D eigenvalue weighted by molar-refractivity contribution is -0.113. The predicted molar refractivity (Wildman–Crippen MR) is 128 cm³/mol. The Morgan fingerprint density at radius 3 is 2.66 bits per heavy atom. The maximum absolute atomic E-state index is 12.7. The second-order valence-electron chi connectivity index (χ2n) is 7.57. The van der Waals surface area contributed by atoms with Gasteiger partial charge in [0, 0.05) is 28.9 Å². The molecule has 10 heteroatoms. The summed E-state index contributed by atoms with van der Waals surface area (Å²) < 4.78 is 6.95. The lowest BCUT2D eigenvalue weighted by Gasteiger charge is -2.09. The molecule has 0 bridgehead atoms. The molecule has 0 spiro atoms. The molecular formula is C22H23ClN4O3S2. The molecule has 3 aromatic rings. The molecule has 0 saturated heterocycles. The van der Waals surface area contributed by atoms with Crippen molar-refractivity contribution < 1.29 is 14.3 Å². The Bertz CT molecular complexity index is 1120. The third-order valence-corrected chi connectivity index (χ3v) is 7.68. The first-order valence-electron chi connectivity index (χ1n) is 10.3. The molecule has 0 aliphatic heterocycles. The summed E-state index contributed by atoms with van der Waals surface area (Å²) in [5.41, 5.74) is 1.84. The predicted octanol–water partition coefficient (Wildman–Crippen LogP) is 5.37. The van der Waals surface area contributed by atoms with Gasteiger partial charge in [-0.05, 0) is 30.5 Å². The van der Waals surface area contributed by atoms with E-state index < -0.39 is 5.97 Å². The van der Waals surface area contributed by atoms with Crippen LogP contribution in [-0.2, 0) is 16.6 Å². The summed E-state index contributed by atoms with van der Waals surface area (Å²) in [6.45, 7) is 0. The molecular weight excluding hydrogens is 468 g/mol. The van der Waals surface area contributed by atoms with E-state index in [-0.39, 0.29) is 11.7 Å². The molecule has 32 heavy (non-hydrogen) atoms. The maximum Gasteiger partial charge on any atom is 0.341 e. The van der Waals surface area contributed by atoms with Crippen LogP contribution < -0.4 is 5.32 Å². The second-order valence-corrected chi connectivity index (χ2v) is 9.83. The smallest absolute Gasteiger partial charge is 0.341 e. The van der Waals surface area contributed by atoms with E-state index in [1.807, 2.05) is 29.1 Å². The standard InChI is InChI=1S/C22H23ClN4O3S2/c1-27-19(14-5-3-4-6-14)25-26-22(27)32-12-17(28)24-20-18(21(29)30-2)16(11-31-20)13-7-9-15(23)10-8-13/h7-11,14H,3-6,12H2,1-2H3,(H,24,28). The number of carbonyl (C=O) groups excluding carboxylic acids is 2. The van der Waals surface area contributed by atoms with E-state index >= 15 is 0 Å². The lowest BCUT2D eigenvalue weighted by Crippen LogP contribution is -2.16. The second kappa shape index (κ2) is 10.1. The molecule has 0 radical (unpaired) electrons.